The molecule has 3 N–H and O–H groups in total. The Bertz CT molecular complexity index is 1210. The first kappa shape index (κ1) is 22.0. The van der Waals surface area contributed by atoms with Gasteiger partial charge in [-0.1, -0.05) is 64.6 Å². The van der Waals surface area contributed by atoms with Crippen LogP contribution in [0.2, 0.25) is 20.1 Å². The van der Waals surface area contributed by atoms with Crippen molar-refractivity contribution < 1.29 is 23.2 Å². The summed E-state index contributed by atoms with van der Waals surface area (Å²) in [5.74, 6) is -1.16. The van der Waals surface area contributed by atoms with Gasteiger partial charge in [0.2, 0.25) is 0 Å². The molecule has 0 amide bonds. The van der Waals surface area contributed by atoms with Crippen molar-refractivity contribution in [2.24, 2.45) is 0 Å². The van der Waals surface area contributed by atoms with Crippen molar-refractivity contribution in [3.05, 3.63) is 91.4 Å². The zero-order chi connectivity index (χ0) is 21.6. The van der Waals surface area contributed by atoms with Gasteiger partial charge in [-0.05, 0) is 36.4 Å². The molecule has 0 aliphatic heterocycles. The Kier molecular flexibility index (Phi) is 5.98. The summed E-state index contributed by atoms with van der Waals surface area (Å²) < 4.78 is 33.9. The summed E-state index contributed by atoms with van der Waals surface area (Å²) in [6.45, 7) is 0. The number of hydrogen-bond acceptors (Lipinski definition) is 4. The summed E-state index contributed by atoms with van der Waals surface area (Å²) in [6.07, 6.45) is 0. The van der Waals surface area contributed by atoms with Crippen LogP contribution in [0, 0.1) is 0 Å². The molecule has 0 aromatic heterocycles. The monoisotopic (exact) mass is 492 g/mol. The number of rotatable bonds is 4. The molecule has 3 aromatic rings. The summed E-state index contributed by atoms with van der Waals surface area (Å²) in [6, 6.07) is 11.6. The molecule has 0 fully saturated rings. The number of phenols is 2. The molecule has 3 aromatic carbocycles. The fourth-order valence-electron chi connectivity index (χ4n) is 3.23. The largest absolute Gasteiger partial charge is 0.508 e. The van der Waals surface area contributed by atoms with Crippen molar-refractivity contribution in [2.45, 2.75) is 4.75 Å². The van der Waals surface area contributed by atoms with Gasteiger partial charge >= 0.3 is 0 Å². The highest BCUT2D eigenvalue weighted by atomic mass is 35.5. The van der Waals surface area contributed by atoms with Crippen LogP contribution in [0.15, 0.2) is 54.6 Å². The third kappa shape index (κ3) is 3.65. The van der Waals surface area contributed by atoms with Crippen LogP contribution in [0.4, 0.5) is 0 Å². The molecule has 29 heavy (non-hydrogen) atoms. The average Bonchev–Trinajstić information content (AvgIpc) is 2.62. The maximum Gasteiger partial charge on any atom is 0.283 e. The van der Waals surface area contributed by atoms with Crippen molar-refractivity contribution in [1.29, 1.82) is 0 Å². The molecule has 0 bridgehead atoms. The van der Waals surface area contributed by atoms with Crippen molar-refractivity contribution in [1.82, 2.24) is 0 Å². The quantitative estimate of drug-likeness (QED) is 0.311. The van der Waals surface area contributed by atoms with Gasteiger partial charge in [-0.15, -0.1) is 0 Å². The minimum atomic E-state index is -5.18. The van der Waals surface area contributed by atoms with Crippen molar-refractivity contribution in [2.75, 3.05) is 0 Å². The highest BCUT2D eigenvalue weighted by molar-refractivity contribution is 7.87. The Morgan fingerprint density at radius 1 is 0.724 bits per heavy atom. The van der Waals surface area contributed by atoms with Gasteiger partial charge in [0, 0.05) is 31.8 Å². The zero-order valence-electron chi connectivity index (χ0n) is 14.3. The molecule has 0 aliphatic rings. The van der Waals surface area contributed by atoms with E-state index in [9.17, 15) is 23.2 Å². The van der Waals surface area contributed by atoms with Gasteiger partial charge in [0.15, 0.2) is 4.75 Å². The molecular formula is C19H12Cl4O5S. The van der Waals surface area contributed by atoms with Crippen molar-refractivity contribution in [3.63, 3.8) is 0 Å². The van der Waals surface area contributed by atoms with Gasteiger partial charge < -0.3 is 10.2 Å². The van der Waals surface area contributed by atoms with Crippen LogP contribution >= 0.6 is 46.4 Å². The summed E-state index contributed by atoms with van der Waals surface area (Å²) in [4.78, 5) is 0. The van der Waals surface area contributed by atoms with Crippen LogP contribution in [0.3, 0.4) is 0 Å². The van der Waals surface area contributed by atoms with Gasteiger partial charge in [-0.2, -0.15) is 8.42 Å². The number of hydrogen-bond donors (Lipinski definition) is 3. The Labute approximate surface area is 186 Å². The smallest absolute Gasteiger partial charge is 0.283 e. The van der Waals surface area contributed by atoms with E-state index in [4.69, 9.17) is 46.4 Å². The lowest BCUT2D eigenvalue weighted by Crippen LogP contribution is -2.38. The van der Waals surface area contributed by atoms with E-state index in [0.717, 1.165) is 6.07 Å². The van der Waals surface area contributed by atoms with E-state index in [0.29, 0.717) is 0 Å². The second-order valence-corrected chi connectivity index (χ2v) is 9.33. The number of para-hydroxylation sites is 1. The third-order valence-electron chi connectivity index (χ3n) is 4.39. The fourth-order valence-corrected chi connectivity index (χ4v) is 5.54. The molecule has 0 heterocycles. The van der Waals surface area contributed by atoms with Gasteiger partial charge in [0.05, 0.1) is 5.02 Å². The van der Waals surface area contributed by atoms with E-state index in [1.54, 1.807) is 0 Å². The van der Waals surface area contributed by atoms with E-state index in [-0.39, 0.29) is 31.2 Å². The van der Waals surface area contributed by atoms with E-state index >= 15 is 0 Å². The molecular weight excluding hydrogens is 482 g/mol. The number of benzene rings is 3. The Balaban J connectivity index is 2.68. The molecule has 3 rings (SSSR count). The van der Waals surface area contributed by atoms with Crippen LogP contribution in [-0.2, 0) is 14.9 Å². The highest BCUT2D eigenvalue weighted by Gasteiger charge is 2.53. The topological polar surface area (TPSA) is 94.8 Å². The average molecular weight is 494 g/mol. The molecule has 1 atom stereocenters. The first-order chi connectivity index (χ1) is 13.5. The normalized spacial score (nSPS) is 13.8. The fraction of sp³-hybridized carbons (Fsp3) is 0.0526. The molecule has 0 radical (unpaired) electrons. The van der Waals surface area contributed by atoms with Gasteiger partial charge in [-0.3, -0.25) is 4.55 Å². The molecule has 5 nitrogen and oxygen atoms in total. The molecule has 1 unspecified atom stereocenters. The summed E-state index contributed by atoms with van der Waals surface area (Å²) >= 11 is 24.5. The lowest BCUT2D eigenvalue weighted by molar-refractivity contribution is 0.428. The maximum absolute atomic E-state index is 13.0. The van der Waals surface area contributed by atoms with E-state index < -0.39 is 31.9 Å². The van der Waals surface area contributed by atoms with Crippen LogP contribution in [0.25, 0.3) is 0 Å². The predicted octanol–water partition coefficient (Wildman–Crippen LogP) is 5.89. The molecule has 10 heteroatoms. The summed E-state index contributed by atoms with van der Waals surface area (Å²) in [5, 5.41) is 20.9. The van der Waals surface area contributed by atoms with Gasteiger partial charge in [0.25, 0.3) is 10.1 Å². The highest BCUT2D eigenvalue weighted by Crippen LogP contribution is 2.53. The minimum absolute atomic E-state index is 0.0237. The SMILES string of the molecule is O=S(=O)(O)C(c1ccccc1O)(c1cc(Cl)ccc1Cl)c1cc(Cl)cc(Cl)c1O. The first-order valence-corrected chi connectivity index (χ1v) is 10.8. The molecule has 0 saturated heterocycles. The van der Waals surface area contributed by atoms with Crippen molar-refractivity contribution >= 4 is 56.5 Å². The Morgan fingerprint density at radius 3 is 1.97 bits per heavy atom. The van der Waals surface area contributed by atoms with E-state index in [1.165, 1.54) is 48.5 Å². The molecule has 0 saturated carbocycles. The lowest BCUT2D eigenvalue weighted by atomic mass is 9.83. The Morgan fingerprint density at radius 2 is 1.34 bits per heavy atom. The molecule has 0 spiro atoms. The van der Waals surface area contributed by atoms with Crippen molar-refractivity contribution in [3.8, 4) is 11.5 Å². The van der Waals surface area contributed by atoms with E-state index in [1.807, 2.05) is 0 Å². The summed E-state index contributed by atoms with van der Waals surface area (Å²) in [5.41, 5.74) is -0.923. The van der Waals surface area contributed by atoms with E-state index in [2.05, 4.69) is 0 Å². The minimum Gasteiger partial charge on any atom is -0.508 e. The predicted molar refractivity (Wildman–Crippen MR) is 114 cm³/mol. The van der Waals surface area contributed by atoms with Crippen LogP contribution in [-0.4, -0.2) is 23.2 Å². The second-order valence-electron chi connectivity index (χ2n) is 6.08. The molecule has 0 aliphatic carbocycles. The number of halogens is 4. The lowest BCUT2D eigenvalue weighted by Gasteiger charge is -2.34. The third-order valence-corrected chi connectivity index (χ3v) is 6.89. The number of phenolic OH excluding ortho intramolecular Hbond substituents is 2. The van der Waals surface area contributed by atoms with Gasteiger partial charge in [-0.25, -0.2) is 0 Å². The maximum atomic E-state index is 13.0. The first-order valence-electron chi connectivity index (χ1n) is 7.89. The summed E-state index contributed by atoms with van der Waals surface area (Å²) in [7, 11) is -5.18. The van der Waals surface area contributed by atoms with Crippen LogP contribution in [0.1, 0.15) is 16.7 Å². The van der Waals surface area contributed by atoms with Crippen LogP contribution < -0.4 is 0 Å². The second kappa shape index (κ2) is 7.87. The number of aromatic hydroxyl groups is 2. The van der Waals surface area contributed by atoms with Gasteiger partial charge in [0.1, 0.15) is 11.5 Å². The zero-order valence-corrected chi connectivity index (χ0v) is 18.1. The van der Waals surface area contributed by atoms with Crippen LogP contribution in [0.5, 0.6) is 11.5 Å². The Hall–Kier alpha value is -1.67. The standard InChI is InChI=1S/C19H12Cl4O5S/c20-10-5-6-15(22)13(7-10)19(29(26,27)28,12-3-1-2-4-17(12)24)14-8-11(21)9-16(23)18(14)25/h1-9,24-25H,(H,26,27,28). The molecule has 152 valence electrons.